The third kappa shape index (κ3) is 2.65. The van der Waals surface area contributed by atoms with Gasteiger partial charge in [-0.25, -0.2) is 0 Å². The van der Waals surface area contributed by atoms with Crippen LogP contribution in [0.15, 0.2) is 36.4 Å². The zero-order valence-electron chi connectivity index (χ0n) is 11.1. The summed E-state index contributed by atoms with van der Waals surface area (Å²) >= 11 is 0. The highest BCUT2D eigenvalue weighted by Crippen LogP contribution is 2.21. The minimum Gasteiger partial charge on any atom is -0.508 e. The SMILES string of the molecule is Cc1cc(O)ccc1NCc1cccc(C)c1C. The molecule has 18 heavy (non-hydrogen) atoms. The van der Waals surface area contributed by atoms with Crippen LogP contribution in [0, 0.1) is 20.8 Å². The molecule has 0 bridgehead atoms. The summed E-state index contributed by atoms with van der Waals surface area (Å²) in [6, 6.07) is 11.7. The summed E-state index contributed by atoms with van der Waals surface area (Å²) in [5.41, 5.74) is 6.08. The molecule has 0 spiro atoms. The minimum absolute atomic E-state index is 0.310. The summed E-state index contributed by atoms with van der Waals surface area (Å²) in [5, 5.41) is 12.8. The molecular weight excluding hydrogens is 222 g/mol. The van der Waals surface area contributed by atoms with Crippen molar-refractivity contribution < 1.29 is 5.11 Å². The standard InChI is InChI=1S/C16H19NO/c1-11-5-4-6-14(13(11)3)10-17-16-8-7-15(18)9-12(16)2/h4-9,17-18H,10H2,1-3H3. The highest BCUT2D eigenvalue weighted by molar-refractivity contribution is 5.53. The Morgan fingerprint density at radius 2 is 1.78 bits per heavy atom. The van der Waals surface area contributed by atoms with E-state index in [0.717, 1.165) is 17.8 Å². The van der Waals surface area contributed by atoms with Crippen LogP contribution in [0.3, 0.4) is 0 Å². The van der Waals surface area contributed by atoms with Gasteiger partial charge in [0.1, 0.15) is 5.75 Å². The van der Waals surface area contributed by atoms with E-state index >= 15 is 0 Å². The van der Waals surface area contributed by atoms with Gasteiger partial charge >= 0.3 is 0 Å². The van der Waals surface area contributed by atoms with Crippen molar-refractivity contribution >= 4 is 5.69 Å². The highest BCUT2D eigenvalue weighted by atomic mass is 16.3. The first kappa shape index (κ1) is 12.5. The van der Waals surface area contributed by atoms with Crippen molar-refractivity contribution in [1.82, 2.24) is 0 Å². The van der Waals surface area contributed by atoms with Gasteiger partial charge in [-0.1, -0.05) is 18.2 Å². The Hall–Kier alpha value is -1.96. The van der Waals surface area contributed by atoms with Crippen LogP contribution in [0.1, 0.15) is 22.3 Å². The maximum absolute atomic E-state index is 9.38. The molecule has 0 aliphatic carbocycles. The van der Waals surface area contributed by atoms with E-state index in [0.29, 0.717) is 5.75 Å². The van der Waals surface area contributed by atoms with Gasteiger partial charge in [-0.3, -0.25) is 0 Å². The Bertz CT molecular complexity index is 561. The van der Waals surface area contributed by atoms with Crippen molar-refractivity contribution in [3.8, 4) is 5.75 Å². The average Bonchev–Trinajstić information content (AvgIpc) is 2.33. The van der Waals surface area contributed by atoms with Crippen LogP contribution in [0.2, 0.25) is 0 Å². The summed E-state index contributed by atoms with van der Waals surface area (Å²) in [6.45, 7) is 7.07. The molecule has 2 N–H and O–H groups in total. The summed E-state index contributed by atoms with van der Waals surface area (Å²) in [6.07, 6.45) is 0. The Balaban J connectivity index is 2.14. The number of aromatic hydroxyl groups is 1. The molecular formula is C16H19NO. The fourth-order valence-electron chi connectivity index (χ4n) is 2.04. The van der Waals surface area contributed by atoms with E-state index < -0.39 is 0 Å². The summed E-state index contributed by atoms with van der Waals surface area (Å²) in [4.78, 5) is 0. The molecule has 0 saturated heterocycles. The second-order valence-electron chi connectivity index (χ2n) is 4.71. The van der Waals surface area contributed by atoms with Crippen LogP contribution in [0.5, 0.6) is 5.75 Å². The Labute approximate surface area is 108 Å². The number of aryl methyl sites for hydroxylation is 2. The van der Waals surface area contributed by atoms with Crippen molar-refractivity contribution in [3.05, 3.63) is 58.7 Å². The second kappa shape index (κ2) is 5.13. The fourth-order valence-corrected chi connectivity index (χ4v) is 2.04. The Morgan fingerprint density at radius 3 is 2.50 bits per heavy atom. The van der Waals surface area contributed by atoms with E-state index in [2.05, 4.69) is 37.4 Å². The zero-order valence-corrected chi connectivity index (χ0v) is 11.1. The molecule has 0 fully saturated rings. The van der Waals surface area contributed by atoms with Gasteiger partial charge in [0.2, 0.25) is 0 Å². The molecule has 2 heteroatoms. The molecule has 0 atom stereocenters. The average molecular weight is 241 g/mol. The largest absolute Gasteiger partial charge is 0.508 e. The topological polar surface area (TPSA) is 32.3 Å². The number of nitrogens with one attached hydrogen (secondary N) is 1. The summed E-state index contributed by atoms with van der Waals surface area (Å²) in [5.74, 6) is 0.310. The van der Waals surface area contributed by atoms with Crippen LogP contribution in [0.25, 0.3) is 0 Å². The van der Waals surface area contributed by atoms with Crippen molar-refractivity contribution in [3.63, 3.8) is 0 Å². The molecule has 0 aromatic heterocycles. The van der Waals surface area contributed by atoms with Gasteiger partial charge in [-0.05, 0) is 61.2 Å². The van der Waals surface area contributed by atoms with Gasteiger partial charge in [-0.15, -0.1) is 0 Å². The molecule has 0 aliphatic heterocycles. The smallest absolute Gasteiger partial charge is 0.115 e. The number of phenols is 1. The van der Waals surface area contributed by atoms with Gasteiger partial charge in [0.05, 0.1) is 0 Å². The van der Waals surface area contributed by atoms with Crippen LogP contribution < -0.4 is 5.32 Å². The molecule has 0 aliphatic rings. The normalized spacial score (nSPS) is 10.4. The highest BCUT2D eigenvalue weighted by Gasteiger charge is 2.02. The van der Waals surface area contributed by atoms with E-state index in [4.69, 9.17) is 0 Å². The Kier molecular flexibility index (Phi) is 3.56. The third-order valence-electron chi connectivity index (χ3n) is 3.40. The van der Waals surface area contributed by atoms with Gasteiger partial charge in [0, 0.05) is 12.2 Å². The van der Waals surface area contributed by atoms with Gasteiger partial charge in [-0.2, -0.15) is 0 Å². The van der Waals surface area contributed by atoms with Crippen LogP contribution in [-0.4, -0.2) is 5.11 Å². The molecule has 2 rings (SSSR count). The van der Waals surface area contributed by atoms with E-state index in [9.17, 15) is 5.11 Å². The van der Waals surface area contributed by atoms with E-state index in [-0.39, 0.29) is 0 Å². The Morgan fingerprint density at radius 1 is 1.00 bits per heavy atom. The van der Waals surface area contributed by atoms with Crippen molar-refractivity contribution in [2.45, 2.75) is 27.3 Å². The summed E-state index contributed by atoms with van der Waals surface area (Å²) in [7, 11) is 0. The van der Waals surface area contributed by atoms with Crippen LogP contribution in [0.4, 0.5) is 5.69 Å². The second-order valence-corrected chi connectivity index (χ2v) is 4.71. The monoisotopic (exact) mass is 241 g/mol. The number of anilines is 1. The van der Waals surface area contributed by atoms with Crippen molar-refractivity contribution in [2.24, 2.45) is 0 Å². The fraction of sp³-hybridized carbons (Fsp3) is 0.250. The lowest BCUT2D eigenvalue weighted by Gasteiger charge is -2.12. The zero-order chi connectivity index (χ0) is 13.1. The molecule has 94 valence electrons. The molecule has 0 saturated carbocycles. The molecule has 0 amide bonds. The first-order valence-corrected chi connectivity index (χ1v) is 6.16. The lowest BCUT2D eigenvalue weighted by atomic mass is 10.0. The molecule has 2 nitrogen and oxygen atoms in total. The first-order chi connectivity index (χ1) is 8.58. The number of benzene rings is 2. The van der Waals surface area contributed by atoms with Crippen molar-refractivity contribution in [1.29, 1.82) is 0 Å². The minimum atomic E-state index is 0.310. The van der Waals surface area contributed by atoms with E-state index in [1.807, 2.05) is 13.0 Å². The van der Waals surface area contributed by atoms with Crippen molar-refractivity contribution in [2.75, 3.05) is 5.32 Å². The van der Waals surface area contributed by atoms with Gasteiger partial charge in [0.15, 0.2) is 0 Å². The summed E-state index contributed by atoms with van der Waals surface area (Å²) < 4.78 is 0. The molecule has 0 heterocycles. The maximum atomic E-state index is 9.38. The number of hydrogen-bond donors (Lipinski definition) is 2. The maximum Gasteiger partial charge on any atom is 0.115 e. The molecule has 0 radical (unpaired) electrons. The van der Waals surface area contributed by atoms with Crippen LogP contribution in [-0.2, 0) is 6.54 Å². The lowest BCUT2D eigenvalue weighted by molar-refractivity contribution is 0.475. The lowest BCUT2D eigenvalue weighted by Crippen LogP contribution is -2.03. The molecule has 0 unspecified atom stereocenters. The molecule has 2 aromatic carbocycles. The predicted molar refractivity (Wildman–Crippen MR) is 76.1 cm³/mol. The van der Waals surface area contributed by atoms with Gasteiger partial charge < -0.3 is 10.4 Å². The number of hydrogen-bond acceptors (Lipinski definition) is 2. The third-order valence-corrected chi connectivity index (χ3v) is 3.40. The molecule has 2 aromatic rings. The predicted octanol–water partition coefficient (Wildman–Crippen LogP) is 3.93. The first-order valence-electron chi connectivity index (χ1n) is 6.16. The van der Waals surface area contributed by atoms with Gasteiger partial charge in [0.25, 0.3) is 0 Å². The number of phenolic OH excluding ortho intramolecular Hbond substituents is 1. The quantitative estimate of drug-likeness (QED) is 0.798. The van der Waals surface area contributed by atoms with E-state index in [1.54, 1.807) is 12.1 Å². The number of rotatable bonds is 3. The van der Waals surface area contributed by atoms with E-state index in [1.165, 1.54) is 16.7 Å². The van der Waals surface area contributed by atoms with Crippen LogP contribution >= 0.6 is 0 Å².